The Kier molecular flexibility index (Phi) is 4.62. The molecule has 0 spiro atoms. The van der Waals surface area contributed by atoms with Crippen LogP contribution in [0.3, 0.4) is 0 Å². The predicted molar refractivity (Wildman–Crippen MR) is 90.1 cm³/mol. The molecule has 1 fully saturated rings. The first-order valence-corrected chi connectivity index (χ1v) is 8.65. The van der Waals surface area contributed by atoms with Gasteiger partial charge in [0.05, 0.1) is 16.5 Å². The monoisotopic (exact) mass is 325 g/mol. The molecule has 1 aromatic carbocycles. The summed E-state index contributed by atoms with van der Waals surface area (Å²) in [6.07, 6.45) is 0.450. The molecule has 1 unspecified atom stereocenters. The van der Waals surface area contributed by atoms with Crippen LogP contribution in [0.4, 0.5) is 5.69 Å². The molecule has 1 atom stereocenters. The first kappa shape index (κ1) is 17.3. The topological polar surface area (TPSA) is 78.6 Å². The van der Waals surface area contributed by atoms with Gasteiger partial charge < -0.3 is 15.0 Å². The largest absolute Gasteiger partial charge is 0.496 e. The fourth-order valence-corrected chi connectivity index (χ4v) is 2.70. The Bertz CT molecular complexity index is 618. The number of nitrogens with two attached hydrogens (primary N) is 1. The Morgan fingerprint density at radius 2 is 1.73 bits per heavy atom. The lowest BCUT2D eigenvalue weighted by atomic mass is 9.77. The van der Waals surface area contributed by atoms with E-state index in [1.807, 2.05) is 39.8 Å². The molecule has 1 saturated heterocycles. The van der Waals surface area contributed by atoms with Crippen LogP contribution in [0.2, 0.25) is 0 Å². The van der Waals surface area contributed by atoms with Crippen LogP contribution in [0, 0.1) is 0 Å². The summed E-state index contributed by atoms with van der Waals surface area (Å²) in [4.78, 5) is 0. The molecule has 122 valence electrons. The van der Waals surface area contributed by atoms with Crippen LogP contribution in [-0.2, 0) is 26.4 Å². The Hall–Kier alpha value is -1.05. The van der Waals surface area contributed by atoms with Gasteiger partial charge in [-0.2, -0.15) is 0 Å². The third-order valence-electron chi connectivity index (χ3n) is 4.55. The van der Waals surface area contributed by atoms with Crippen molar-refractivity contribution in [1.29, 1.82) is 0 Å². The Balaban J connectivity index is 2.29. The normalized spacial score (nSPS) is 21.3. The second-order valence-corrected chi connectivity index (χ2v) is 8.34. The van der Waals surface area contributed by atoms with Crippen molar-refractivity contribution in [2.45, 2.75) is 57.5 Å². The molecule has 1 aliphatic rings. The highest BCUT2D eigenvalue weighted by Gasteiger charge is 2.52. The molecule has 2 N–H and O–H groups in total. The summed E-state index contributed by atoms with van der Waals surface area (Å²) < 4.78 is 34.1. The molecule has 0 radical (unpaired) electrons. The van der Waals surface area contributed by atoms with E-state index in [1.165, 1.54) is 0 Å². The lowest BCUT2D eigenvalue weighted by molar-refractivity contribution is 0.00578. The molecule has 5 nitrogen and oxygen atoms in total. The number of hydrogen-bond donors (Lipinski definition) is 2. The Morgan fingerprint density at radius 3 is 2.23 bits per heavy atom. The van der Waals surface area contributed by atoms with Crippen molar-refractivity contribution in [3.63, 3.8) is 0 Å². The highest BCUT2D eigenvalue weighted by atomic mass is 32.2. The summed E-state index contributed by atoms with van der Waals surface area (Å²) in [7, 11) is -2.98. The minimum Gasteiger partial charge on any atom is -0.399 e. The van der Waals surface area contributed by atoms with Crippen LogP contribution in [-0.4, -0.2) is 32.0 Å². The van der Waals surface area contributed by atoms with E-state index in [0.717, 1.165) is 11.0 Å². The fourth-order valence-electron chi connectivity index (χ4n) is 2.34. The zero-order valence-corrected chi connectivity index (χ0v) is 14.6. The van der Waals surface area contributed by atoms with Crippen molar-refractivity contribution in [3.05, 3.63) is 23.8 Å². The maximum atomic E-state index is 11.0. The second-order valence-electron chi connectivity index (χ2n) is 6.89. The lowest BCUT2D eigenvalue weighted by Crippen LogP contribution is -2.41. The zero-order valence-electron chi connectivity index (χ0n) is 13.8. The van der Waals surface area contributed by atoms with Gasteiger partial charge in [0.2, 0.25) is 0 Å². The number of benzene rings is 1. The summed E-state index contributed by atoms with van der Waals surface area (Å²) >= 11 is 0. The van der Waals surface area contributed by atoms with E-state index in [9.17, 15) is 8.42 Å². The maximum Gasteiger partial charge on any atom is 0.496 e. The first-order chi connectivity index (χ1) is 10.0. The van der Waals surface area contributed by atoms with Crippen LogP contribution >= 0.6 is 0 Å². The fraction of sp³-hybridized carbons (Fsp3) is 0.600. The van der Waals surface area contributed by atoms with Gasteiger partial charge >= 0.3 is 7.12 Å². The van der Waals surface area contributed by atoms with Crippen LogP contribution in [0.5, 0.6) is 0 Å². The molecule has 0 aliphatic carbocycles. The van der Waals surface area contributed by atoms with Gasteiger partial charge in [0, 0.05) is 11.2 Å². The van der Waals surface area contributed by atoms with Gasteiger partial charge in [0.25, 0.3) is 0 Å². The molecule has 1 aromatic rings. The van der Waals surface area contributed by atoms with Crippen LogP contribution in [0.15, 0.2) is 18.2 Å². The third kappa shape index (κ3) is 3.31. The average Bonchev–Trinajstić information content (AvgIpc) is 2.60. The summed E-state index contributed by atoms with van der Waals surface area (Å²) in [5.74, 6) is 0. The molecular weight excluding hydrogens is 301 g/mol. The SMILES string of the molecule is CC(Cc1ccc(N)c(B2OC(C)(C)C(C)(C)O2)c1)[SH](=O)=O. The number of nitrogen functional groups attached to an aromatic ring is 1. The maximum absolute atomic E-state index is 11.0. The Labute approximate surface area is 134 Å². The smallest absolute Gasteiger partial charge is 0.399 e. The van der Waals surface area contributed by atoms with Gasteiger partial charge in [-0.15, -0.1) is 0 Å². The minimum atomic E-state index is -2.44. The third-order valence-corrected chi connectivity index (χ3v) is 5.45. The average molecular weight is 325 g/mol. The summed E-state index contributed by atoms with van der Waals surface area (Å²) in [6, 6.07) is 5.51. The molecule has 0 bridgehead atoms. The summed E-state index contributed by atoms with van der Waals surface area (Å²) in [5, 5.41) is -0.412. The molecule has 1 aliphatic heterocycles. The van der Waals surface area contributed by atoms with Crippen molar-refractivity contribution in [2.75, 3.05) is 5.73 Å². The number of rotatable bonds is 4. The highest BCUT2D eigenvalue weighted by Crippen LogP contribution is 2.36. The van der Waals surface area contributed by atoms with Gasteiger partial charge in [0.1, 0.15) is 10.7 Å². The van der Waals surface area contributed by atoms with Crippen molar-refractivity contribution < 1.29 is 17.7 Å². The standard InChI is InChI=1S/C15H24BNO4S/c1-10(22(18)19)8-11-6-7-13(17)12(9-11)16-20-14(2,3)15(4,5)21-16/h6-7,9-10,22H,8,17H2,1-5H3. The van der Waals surface area contributed by atoms with E-state index in [1.54, 1.807) is 13.0 Å². The summed E-state index contributed by atoms with van der Waals surface area (Å²) in [5.41, 5.74) is 7.43. The number of thiol groups is 1. The van der Waals surface area contributed by atoms with E-state index < -0.39 is 34.3 Å². The van der Waals surface area contributed by atoms with Gasteiger partial charge in [-0.3, -0.25) is 0 Å². The number of anilines is 1. The molecule has 2 rings (SSSR count). The number of hydrogen-bond acceptors (Lipinski definition) is 5. The van der Waals surface area contributed by atoms with Gasteiger partial charge in [-0.05, 0) is 52.7 Å². The molecular formula is C15H24BNO4S. The van der Waals surface area contributed by atoms with E-state index >= 15 is 0 Å². The second kappa shape index (κ2) is 5.87. The van der Waals surface area contributed by atoms with Crippen molar-refractivity contribution in [3.8, 4) is 0 Å². The van der Waals surface area contributed by atoms with Gasteiger partial charge in [-0.1, -0.05) is 12.1 Å². The molecule has 1 heterocycles. The highest BCUT2D eigenvalue weighted by molar-refractivity contribution is 7.73. The van der Waals surface area contributed by atoms with Crippen LogP contribution in [0.1, 0.15) is 40.2 Å². The molecule has 7 heteroatoms. The quantitative estimate of drug-likeness (QED) is 0.493. The van der Waals surface area contributed by atoms with Gasteiger partial charge in [0.15, 0.2) is 0 Å². The molecule has 22 heavy (non-hydrogen) atoms. The van der Waals surface area contributed by atoms with E-state index in [2.05, 4.69) is 0 Å². The van der Waals surface area contributed by atoms with Crippen LogP contribution in [0.25, 0.3) is 0 Å². The lowest BCUT2D eigenvalue weighted by Gasteiger charge is -2.32. The van der Waals surface area contributed by atoms with Crippen LogP contribution < -0.4 is 11.2 Å². The van der Waals surface area contributed by atoms with E-state index in [0.29, 0.717) is 12.1 Å². The Morgan fingerprint density at radius 1 is 1.18 bits per heavy atom. The molecule has 0 saturated carbocycles. The minimum absolute atomic E-state index is 0.412. The van der Waals surface area contributed by atoms with E-state index in [4.69, 9.17) is 15.0 Å². The van der Waals surface area contributed by atoms with Crippen molar-refractivity contribution >= 4 is 29.0 Å². The van der Waals surface area contributed by atoms with E-state index in [-0.39, 0.29) is 0 Å². The van der Waals surface area contributed by atoms with Crippen molar-refractivity contribution in [2.24, 2.45) is 0 Å². The molecule has 0 amide bonds. The van der Waals surface area contributed by atoms with Crippen molar-refractivity contribution in [1.82, 2.24) is 0 Å². The predicted octanol–water partition coefficient (Wildman–Crippen LogP) is 1.11. The van der Waals surface area contributed by atoms with Gasteiger partial charge in [-0.25, -0.2) is 8.42 Å². The zero-order chi connectivity index (χ0) is 16.7. The molecule has 0 aromatic heterocycles. The summed E-state index contributed by atoms with van der Waals surface area (Å²) in [6.45, 7) is 9.62. The first-order valence-electron chi connectivity index (χ1n) is 7.41.